The maximum atomic E-state index is 14.3. The second-order valence-electron chi connectivity index (χ2n) is 5.60. The van der Waals surface area contributed by atoms with Gasteiger partial charge in [-0.25, -0.2) is 9.18 Å². The van der Waals surface area contributed by atoms with Gasteiger partial charge in [0.1, 0.15) is 5.82 Å². The molecule has 3 rings (SSSR count). The van der Waals surface area contributed by atoms with Crippen molar-refractivity contribution >= 4 is 11.8 Å². The molecule has 2 aromatic carbocycles. The monoisotopic (exact) mass is 313 g/mol. The summed E-state index contributed by atoms with van der Waals surface area (Å²) < 4.78 is 14.3. The fourth-order valence-electron chi connectivity index (χ4n) is 2.90. The van der Waals surface area contributed by atoms with Gasteiger partial charge in [-0.1, -0.05) is 30.3 Å². The van der Waals surface area contributed by atoms with Gasteiger partial charge in [0.15, 0.2) is 5.78 Å². The van der Waals surface area contributed by atoms with E-state index in [1.807, 2.05) is 0 Å². The van der Waals surface area contributed by atoms with Crippen molar-refractivity contribution < 1.29 is 19.1 Å². The fourth-order valence-corrected chi connectivity index (χ4v) is 2.90. The molecular weight excluding hydrogens is 297 g/mol. The largest absolute Gasteiger partial charge is 0.478 e. The molecule has 1 aliphatic heterocycles. The molecular formula is C18H16FNO3. The number of carboxylic acids is 1. The van der Waals surface area contributed by atoms with Crippen LogP contribution in [-0.4, -0.2) is 29.9 Å². The molecule has 0 bridgehead atoms. The topological polar surface area (TPSA) is 66.4 Å². The van der Waals surface area contributed by atoms with Crippen molar-refractivity contribution in [3.63, 3.8) is 0 Å². The molecule has 118 valence electrons. The molecule has 1 heterocycles. The number of hydrogen-bond donors (Lipinski definition) is 2. The molecule has 1 saturated heterocycles. The van der Waals surface area contributed by atoms with Crippen LogP contribution in [0, 0.1) is 11.7 Å². The van der Waals surface area contributed by atoms with Crippen LogP contribution in [0.2, 0.25) is 0 Å². The number of rotatable bonds is 4. The van der Waals surface area contributed by atoms with Crippen molar-refractivity contribution in [2.24, 2.45) is 5.92 Å². The van der Waals surface area contributed by atoms with Gasteiger partial charge in [0.2, 0.25) is 0 Å². The minimum absolute atomic E-state index is 0.00712. The van der Waals surface area contributed by atoms with Crippen LogP contribution in [-0.2, 0) is 0 Å². The molecule has 2 aromatic rings. The summed E-state index contributed by atoms with van der Waals surface area (Å²) in [6, 6.07) is 10.6. The van der Waals surface area contributed by atoms with Gasteiger partial charge in [0.05, 0.1) is 5.56 Å². The Kier molecular flexibility index (Phi) is 4.21. The van der Waals surface area contributed by atoms with Crippen molar-refractivity contribution in [1.82, 2.24) is 5.32 Å². The van der Waals surface area contributed by atoms with E-state index in [1.54, 1.807) is 24.3 Å². The van der Waals surface area contributed by atoms with Gasteiger partial charge < -0.3 is 10.4 Å². The predicted octanol–water partition coefficient (Wildman–Crippen LogP) is 2.98. The normalized spacial score (nSPS) is 17.2. The molecule has 0 saturated carbocycles. The van der Waals surface area contributed by atoms with Crippen molar-refractivity contribution in [2.45, 2.75) is 6.42 Å². The quantitative estimate of drug-likeness (QED) is 0.852. The van der Waals surface area contributed by atoms with Crippen LogP contribution < -0.4 is 5.32 Å². The number of carbonyl (C=O) groups excluding carboxylic acids is 1. The Labute approximate surface area is 133 Å². The number of carbonyl (C=O) groups is 2. The van der Waals surface area contributed by atoms with E-state index in [4.69, 9.17) is 5.11 Å². The van der Waals surface area contributed by atoms with E-state index < -0.39 is 11.8 Å². The Bertz CT molecular complexity index is 767. The lowest BCUT2D eigenvalue weighted by Gasteiger charge is -2.13. The van der Waals surface area contributed by atoms with Crippen LogP contribution in [0.1, 0.15) is 27.1 Å². The first-order chi connectivity index (χ1) is 11.1. The van der Waals surface area contributed by atoms with E-state index in [1.165, 1.54) is 12.1 Å². The highest BCUT2D eigenvalue weighted by atomic mass is 19.1. The number of aromatic carboxylic acids is 1. The second-order valence-corrected chi connectivity index (χ2v) is 5.60. The summed E-state index contributed by atoms with van der Waals surface area (Å²) in [5.74, 6) is -1.93. The number of nitrogens with one attached hydrogen (secondary N) is 1. The van der Waals surface area contributed by atoms with E-state index in [0.717, 1.165) is 19.0 Å². The summed E-state index contributed by atoms with van der Waals surface area (Å²) in [5, 5.41) is 12.1. The summed E-state index contributed by atoms with van der Waals surface area (Å²) in [4.78, 5) is 23.6. The number of ketones is 1. The van der Waals surface area contributed by atoms with Crippen LogP contribution in [0.15, 0.2) is 42.5 Å². The zero-order valence-corrected chi connectivity index (χ0v) is 12.4. The molecule has 0 aliphatic carbocycles. The maximum Gasteiger partial charge on any atom is 0.335 e. The second kappa shape index (κ2) is 6.30. The van der Waals surface area contributed by atoms with Gasteiger partial charge >= 0.3 is 5.97 Å². The Balaban J connectivity index is 2.03. The standard InChI is InChI=1S/C18H16FNO3/c19-16-9-11(18(22)23)5-6-14(16)13-3-1-2-4-15(13)17(21)12-7-8-20-10-12/h1-6,9,12,20H,7-8,10H2,(H,22,23). The number of halogens is 1. The lowest BCUT2D eigenvalue weighted by Crippen LogP contribution is -2.18. The zero-order chi connectivity index (χ0) is 16.4. The van der Waals surface area contributed by atoms with Gasteiger partial charge in [-0.05, 0) is 30.7 Å². The molecule has 1 aliphatic rings. The molecule has 2 N–H and O–H groups in total. The van der Waals surface area contributed by atoms with E-state index in [9.17, 15) is 14.0 Å². The van der Waals surface area contributed by atoms with Gasteiger partial charge in [0, 0.05) is 23.6 Å². The first-order valence-electron chi connectivity index (χ1n) is 7.45. The van der Waals surface area contributed by atoms with Crippen LogP contribution in [0.25, 0.3) is 11.1 Å². The Morgan fingerprint density at radius 3 is 2.57 bits per heavy atom. The van der Waals surface area contributed by atoms with E-state index in [2.05, 4.69) is 5.32 Å². The van der Waals surface area contributed by atoms with Crippen molar-refractivity contribution in [3.8, 4) is 11.1 Å². The Hall–Kier alpha value is -2.53. The number of hydrogen-bond acceptors (Lipinski definition) is 3. The number of carboxylic acid groups (broad SMARTS) is 1. The average molecular weight is 313 g/mol. The summed E-state index contributed by atoms with van der Waals surface area (Å²) in [5.41, 5.74) is 1.10. The molecule has 5 heteroatoms. The van der Waals surface area contributed by atoms with Crippen LogP contribution in [0.3, 0.4) is 0 Å². The third kappa shape index (κ3) is 3.00. The summed E-state index contributed by atoms with van der Waals surface area (Å²) in [6.45, 7) is 1.44. The summed E-state index contributed by atoms with van der Waals surface area (Å²) >= 11 is 0. The van der Waals surface area contributed by atoms with E-state index in [0.29, 0.717) is 17.7 Å². The first-order valence-corrected chi connectivity index (χ1v) is 7.45. The van der Waals surface area contributed by atoms with Crippen LogP contribution >= 0.6 is 0 Å². The smallest absolute Gasteiger partial charge is 0.335 e. The molecule has 1 atom stereocenters. The SMILES string of the molecule is O=C(O)c1ccc(-c2ccccc2C(=O)C2CCNC2)c(F)c1. The van der Waals surface area contributed by atoms with E-state index >= 15 is 0 Å². The average Bonchev–Trinajstić information content (AvgIpc) is 3.08. The number of Topliss-reactive ketones (excluding diaryl/α,β-unsaturated/α-hetero) is 1. The van der Waals surface area contributed by atoms with Crippen molar-refractivity contribution in [1.29, 1.82) is 0 Å². The number of benzene rings is 2. The third-order valence-corrected chi connectivity index (χ3v) is 4.13. The molecule has 1 unspecified atom stereocenters. The fraction of sp³-hybridized carbons (Fsp3) is 0.222. The highest BCUT2D eigenvalue weighted by Crippen LogP contribution is 2.29. The third-order valence-electron chi connectivity index (χ3n) is 4.13. The minimum Gasteiger partial charge on any atom is -0.478 e. The van der Waals surface area contributed by atoms with Crippen LogP contribution in [0.4, 0.5) is 4.39 Å². The molecule has 0 radical (unpaired) electrons. The Morgan fingerprint density at radius 1 is 1.13 bits per heavy atom. The lowest BCUT2D eigenvalue weighted by molar-refractivity contribution is 0.0696. The molecule has 4 nitrogen and oxygen atoms in total. The van der Waals surface area contributed by atoms with Gasteiger partial charge in [-0.15, -0.1) is 0 Å². The minimum atomic E-state index is -1.18. The Morgan fingerprint density at radius 2 is 1.91 bits per heavy atom. The molecule has 0 spiro atoms. The molecule has 0 aromatic heterocycles. The highest BCUT2D eigenvalue weighted by Gasteiger charge is 2.26. The maximum absolute atomic E-state index is 14.3. The van der Waals surface area contributed by atoms with Gasteiger partial charge in [-0.3, -0.25) is 4.79 Å². The van der Waals surface area contributed by atoms with Crippen LogP contribution in [0.5, 0.6) is 0 Å². The summed E-state index contributed by atoms with van der Waals surface area (Å²) in [6.07, 6.45) is 0.771. The summed E-state index contributed by atoms with van der Waals surface area (Å²) in [7, 11) is 0. The molecule has 0 amide bonds. The molecule has 1 fully saturated rings. The van der Waals surface area contributed by atoms with Gasteiger partial charge in [-0.2, -0.15) is 0 Å². The van der Waals surface area contributed by atoms with Crippen molar-refractivity contribution in [2.75, 3.05) is 13.1 Å². The van der Waals surface area contributed by atoms with Crippen molar-refractivity contribution in [3.05, 3.63) is 59.4 Å². The molecule has 23 heavy (non-hydrogen) atoms. The highest BCUT2D eigenvalue weighted by molar-refractivity contribution is 6.04. The predicted molar refractivity (Wildman–Crippen MR) is 84.1 cm³/mol. The van der Waals surface area contributed by atoms with E-state index in [-0.39, 0.29) is 22.8 Å². The van der Waals surface area contributed by atoms with Gasteiger partial charge in [0.25, 0.3) is 0 Å². The zero-order valence-electron chi connectivity index (χ0n) is 12.4. The first kappa shape index (κ1) is 15.4. The lowest BCUT2D eigenvalue weighted by atomic mass is 9.90.